The molecule has 0 saturated heterocycles. The SMILES string of the molecule is O=[N+]([O-])c1c(Cl)nc2ccc(Br)cc2c1NCCCCO. The fraction of sp³-hybridized carbons (Fsp3) is 0.308. The zero-order chi connectivity index (χ0) is 15.4. The molecule has 2 rings (SSSR count). The Labute approximate surface area is 134 Å². The minimum atomic E-state index is -0.538. The third-order valence-electron chi connectivity index (χ3n) is 2.95. The second kappa shape index (κ2) is 7.02. The van der Waals surface area contributed by atoms with E-state index in [1.165, 1.54) is 0 Å². The van der Waals surface area contributed by atoms with Crippen molar-refractivity contribution < 1.29 is 10.0 Å². The first-order chi connectivity index (χ1) is 10.0. The number of hydrogen-bond donors (Lipinski definition) is 2. The minimum Gasteiger partial charge on any atom is -0.396 e. The number of aromatic nitrogens is 1. The van der Waals surface area contributed by atoms with E-state index in [1.807, 2.05) is 0 Å². The third kappa shape index (κ3) is 3.61. The summed E-state index contributed by atoms with van der Waals surface area (Å²) >= 11 is 9.29. The molecule has 1 heterocycles. The second-order valence-corrected chi connectivity index (χ2v) is 5.68. The van der Waals surface area contributed by atoms with Crippen LogP contribution in [0, 0.1) is 10.1 Å². The van der Waals surface area contributed by atoms with E-state index in [9.17, 15) is 10.1 Å². The van der Waals surface area contributed by atoms with Gasteiger partial charge in [-0.15, -0.1) is 0 Å². The predicted molar refractivity (Wildman–Crippen MR) is 85.9 cm³/mol. The van der Waals surface area contributed by atoms with Gasteiger partial charge in [0.15, 0.2) is 0 Å². The molecule has 1 aromatic heterocycles. The van der Waals surface area contributed by atoms with Crippen molar-refractivity contribution >= 4 is 49.8 Å². The van der Waals surface area contributed by atoms with Gasteiger partial charge in [-0.25, -0.2) is 4.98 Å². The van der Waals surface area contributed by atoms with Crippen molar-refractivity contribution in [2.45, 2.75) is 12.8 Å². The molecule has 0 saturated carbocycles. The number of fused-ring (bicyclic) bond motifs is 1. The van der Waals surface area contributed by atoms with Crippen LogP contribution in [0.3, 0.4) is 0 Å². The smallest absolute Gasteiger partial charge is 0.329 e. The topological polar surface area (TPSA) is 88.3 Å². The van der Waals surface area contributed by atoms with Crippen LogP contribution in [0.5, 0.6) is 0 Å². The molecule has 21 heavy (non-hydrogen) atoms. The highest BCUT2D eigenvalue weighted by molar-refractivity contribution is 9.10. The van der Waals surface area contributed by atoms with Gasteiger partial charge in [-0.2, -0.15) is 0 Å². The van der Waals surface area contributed by atoms with Crippen molar-refractivity contribution in [3.63, 3.8) is 0 Å². The van der Waals surface area contributed by atoms with Crippen molar-refractivity contribution in [2.24, 2.45) is 0 Å². The van der Waals surface area contributed by atoms with Gasteiger partial charge in [0.25, 0.3) is 0 Å². The maximum absolute atomic E-state index is 11.2. The number of aliphatic hydroxyl groups is 1. The fourth-order valence-corrected chi connectivity index (χ4v) is 2.61. The van der Waals surface area contributed by atoms with E-state index >= 15 is 0 Å². The average Bonchev–Trinajstić information content (AvgIpc) is 2.43. The highest BCUT2D eigenvalue weighted by Gasteiger charge is 2.23. The maximum Gasteiger partial charge on any atom is 0.329 e. The van der Waals surface area contributed by atoms with Gasteiger partial charge >= 0.3 is 5.69 Å². The number of anilines is 1. The summed E-state index contributed by atoms with van der Waals surface area (Å²) in [5.41, 5.74) is 0.707. The maximum atomic E-state index is 11.2. The Balaban J connectivity index is 2.52. The number of unbranched alkanes of at least 4 members (excludes halogenated alkanes) is 1. The predicted octanol–water partition coefficient (Wildman–Crippen LogP) is 3.74. The van der Waals surface area contributed by atoms with Crippen molar-refractivity contribution in [3.05, 3.63) is 37.9 Å². The number of nitro groups is 1. The Morgan fingerprint density at radius 1 is 1.43 bits per heavy atom. The third-order valence-corrected chi connectivity index (χ3v) is 3.70. The van der Waals surface area contributed by atoms with E-state index < -0.39 is 4.92 Å². The van der Waals surface area contributed by atoms with Gasteiger partial charge in [-0.05, 0) is 31.0 Å². The molecule has 0 spiro atoms. The first-order valence-electron chi connectivity index (χ1n) is 6.32. The molecule has 0 aliphatic heterocycles. The number of nitrogens with zero attached hydrogens (tertiary/aromatic N) is 2. The van der Waals surface area contributed by atoms with Crippen LogP contribution in [0.15, 0.2) is 22.7 Å². The summed E-state index contributed by atoms with van der Waals surface area (Å²) in [6, 6.07) is 5.31. The Bertz CT molecular complexity index is 681. The monoisotopic (exact) mass is 373 g/mol. The van der Waals surface area contributed by atoms with Gasteiger partial charge < -0.3 is 10.4 Å². The number of benzene rings is 1. The summed E-state index contributed by atoms with van der Waals surface area (Å²) in [4.78, 5) is 14.8. The summed E-state index contributed by atoms with van der Waals surface area (Å²) in [5.74, 6) is 0. The number of rotatable bonds is 6. The molecule has 0 amide bonds. The van der Waals surface area contributed by atoms with Crippen LogP contribution in [0.2, 0.25) is 5.15 Å². The lowest BCUT2D eigenvalue weighted by Gasteiger charge is -2.11. The standard InChI is InChI=1S/C13H13BrClN3O3/c14-8-3-4-10-9(7-8)11(16-5-1-2-6-19)12(18(20)21)13(15)17-10/h3-4,7,19H,1-2,5-6H2,(H,16,17). The Hall–Kier alpha value is -1.44. The average molecular weight is 375 g/mol. The first-order valence-corrected chi connectivity index (χ1v) is 7.49. The molecule has 0 fully saturated rings. The molecule has 1 aromatic carbocycles. The van der Waals surface area contributed by atoms with Crippen molar-refractivity contribution in [1.82, 2.24) is 4.98 Å². The number of halogens is 2. The number of pyridine rings is 1. The van der Waals surface area contributed by atoms with Crippen molar-refractivity contribution in [2.75, 3.05) is 18.5 Å². The molecule has 0 unspecified atom stereocenters. The molecule has 2 aromatic rings. The summed E-state index contributed by atoms with van der Waals surface area (Å²) in [6.07, 6.45) is 1.32. The lowest BCUT2D eigenvalue weighted by molar-refractivity contribution is -0.384. The van der Waals surface area contributed by atoms with Crippen LogP contribution < -0.4 is 5.32 Å². The highest BCUT2D eigenvalue weighted by Crippen LogP contribution is 2.38. The van der Waals surface area contributed by atoms with Crippen LogP contribution in [-0.4, -0.2) is 28.2 Å². The molecular formula is C13H13BrClN3O3. The van der Waals surface area contributed by atoms with E-state index in [2.05, 4.69) is 26.2 Å². The first kappa shape index (κ1) is 15.9. The molecule has 112 valence electrons. The van der Waals surface area contributed by atoms with Crippen LogP contribution in [-0.2, 0) is 0 Å². The lowest BCUT2D eigenvalue weighted by Crippen LogP contribution is -2.07. The van der Waals surface area contributed by atoms with Crippen LogP contribution in [0.1, 0.15) is 12.8 Å². The molecule has 0 aliphatic carbocycles. The Morgan fingerprint density at radius 2 is 2.19 bits per heavy atom. The molecule has 0 radical (unpaired) electrons. The molecule has 8 heteroatoms. The van der Waals surface area contributed by atoms with Crippen LogP contribution in [0.4, 0.5) is 11.4 Å². The number of aliphatic hydroxyl groups excluding tert-OH is 1. The minimum absolute atomic E-state index is 0.0904. The Kier molecular flexibility index (Phi) is 5.33. The van der Waals surface area contributed by atoms with Gasteiger partial charge in [0.05, 0.1) is 10.4 Å². The van der Waals surface area contributed by atoms with E-state index in [0.29, 0.717) is 36.0 Å². The van der Waals surface area contributed by atoms with Gasteiger partial charge in [-0.1, -0.05) is 27.5 Å². The van der Waals surface area contributed by atoms with Crippen LogP contribution >= 0.6 is 27.5 Å². The zero-order valence-electron chi connectivity index (χ0n) is 11.0. The normalized spacial score (nSPS) is 10.8. The molecule has 0 aliphatic rings. The number of nitrogens with one attached hydrogen (secondary N) is 1. The second-order valence-electron chi connectivity index (χ2n) is 4.40. The molecule has 6 nitrogen and oxygen atoms in total. The molecule has 0 atom stereocenters. The van der Waals surface area contributed by atoms with E-state index in [4.69, 9.17) is 16.7 Å². The van der Waals surface area contributed by atoms with E-state index in [1.54, 1.807) is 18.2 Å². The van der Waals surface area contributed by atoms with Gasteiger partial charge in [0.1, 0.15) is 5.69 Å². The molecular weight excluding hydrogens is 362 g/mol. The quantitative estimate of drug-likeness (QED) is 0.348. The van der Waals surface area contributed by atoms with Gasteiger partial charge in [-0.3, -0.25) is 10.1 Å². The molecule has 0 bridgehead atoms. The summed E-state index contributed by atoms with van der Waals surface area (Å²) in [7, 11) is 0. The number of hydrogen-bond acceptors (Lipinski definition) is 5. The summed E-state index contributed by atoms with van der Waals surface area (Å²) in [6.45, 7) is 0.594. The van der Waals surface area contributed by atoms with Crippen molar-refractivity contribution in [1.29, 1.82) is 0 Å². The Morgan fingerprint density at radius 3 is 2.86 bits per heavy atom. The van der Waals surface area contributed by atoms with Crippen molar-refractivity contribution in [3.8, 4) is 0 Å². The van der Waals surface area contributed by atoms with Gasteiger partial charge in [0.2, 0.25) is 5.15 Å². The molecule has 2 N–H and O–H groups in total. The van der Waals surface area contributed by atoms with E-state index in [-0.39, 0.29) is 17.4 Å². The lowest BCUT2D eigenvalue weighted by atomic mass is 10.1. The van der Waals surface area contributed by atoms with Gasteiger partial charge in [0, 0.05) is 23.0 Å². The van der Waals surface area contributed by atoms with Crippen LogP contribution in [0.25, 0.3) is 10.9 Å². The van der Waals surface area contributed by atoms with E-state index in [0.717, 1.165) is 4.47 Å². The summed E-state index contributed by atoms with van der Waals surface area (Å²) in [5, 5.41) is 23.6. The summed E-state index contributed by atoms with van der Waals surface area (Å²) < 4.78 is 0.798. The fourth-order valence-electron chi connectivity index (χ4n) is 1.99. The largest absolute Gasteiger partial charge is 0.396 e. The zero-order valence-corrected chi connectivity index (χ0v) is 13.3. The highest BCUT2D eigenvalue weighted by atomic mass is 79.9.